The number of hydrogen-bond donors (Lipinski definition) is 2. The van der Waals surface area contributed by atoms with Crippen LogP contribution in [0.15, 0.2) is 60.7 Å². The average molecular weight is 424 g/mol. The summed E-state index contributed by atoms with van der Waals surface area (Å²) in [7, 11) is 0. The van der Waals surface area contributed by atoms with E-state index >= 15 is 0 Å². The highest BCUT2D eigenvalue weighted by atomic mass is 35.5. The third-order valence-electron chi connectivity index (χ3n) is 5.29. The van der Waals surface area contributed by atoms with Crippen molar-refractivity contribution < 1.29 is 4.79 Å². The zero-order valence-corrected chi connectivity index (χ0v) is 17.9. The summed E-state index contributed by atoms with van der Waals surface area (Å²) in [6.07, 6.45) is 2.48. The molecule has 2 aromatic rings. The van der Waals surface area contributed by atoms with Gasteiger partial charge in [-0.05, 0) is 37.1 Å². The number of nitrogens with zero attached hydrogens (tertiary/aromatic N) is 1. The maximum absolute atomic E-state index is 12.9. The van der Waals surface area contributed by atoms with Gasteiger partial charge in [0.1, 0.15) is 0 Å². The second kappa shape index (κ2) is 12.1. The summed E-state index contributed by atoms with van der Waals surface area (Å²) in [6.45, 7) is 4.98. The van der Waals surface area contributed by atoms with E-state index in [1.165, 1.54) is 12.8 Å². The Labute approximate surface area is 180 Å². The highest BCUT2D eigenvalue weighted by molar-refractivity contribution is 5.85. The maximum Gasteiger partial charge on any atom is 0.225 e. The Bertz CT molecular complexity index is 693. The van der Waals surface area contributed by atoms with Crippen molar-refractivity contribution in [1.82, 2.24) is 10.2 Å². The van der Waals surface area contributed by atoms with Crippen molar-refractivity contribution in [2.75, 3.05) is 19.6 Å². The lowest BCUT2D eigenvalue weighted by Crippen LogP contribution is -2.41. The molecular formula is C22H31Cl2N3O. The largest absolute Gasteiger partial charge is 0.348 e. The molecule has 1 amide bonds. The lowest BCUT2D eigenvalue weighted by molar-refractivity contribution is -0.126. The number of carbonyl (C=O) groups excluding carboxylic acids is 1. The van der Waals surface area contributed by atoms with Crippen LogP contribution in [0.3, 0.4) is 0 Å². The molecule has 154 valence electrons. The van der Waals surface area contributed by atoms with Crippen LogP contribution < -0.4 is 11.1 Å². The predicted octanol–water partition coefficient (Wildman–Crippen LogP) is 4.12. The van der Waals surface area contributed by atoms with Crippen molar-refractivity contribution in [2.24, 2.45) is 11.7 Å². The van der Waals surface area contributed by atoms with Gasteiger partial charge in [0.05, 0.1) is 12.0 Å². The number of rotatable bonds is 7. The molecule has 0 aliphatic carbocycles. The molecule has 4 nitrogen and oxygen atoms in total. The Hall–Kier alpha value is -1.59. The molecule has 0 saturated carbocycles. The van der Waals surface area contributed by atoms with Crippen molar-refractivity contribution in [2.45, 2.75) is 31.8 Å². The number of nitrogens with one attached hydrogen (secondary N) is 1. The van der Waals surface area contributed by atoms with Crippen LogP contribution in [0, 0.1) is 5.92 Å². The molecule has 6 heteroatoms. The molecule has 0 radical (unpaired) electrons. The first-order valence-electron chi connectivity index (χ1n) is 9.53. The number of carbonyl (C=O) groups is 1. The third kappa shape index (κ3) is 6.49. The van der Waals surface area contributed by atoms with Gasteiger partial charge in [-0.2, -0.15) is 0 Å². The lowest BCUT2D eigenvalue weighted by atomic mass is 9.94. The number of halogens is 2. The van der Waals surface area contributed by atoms with Crippen LogP contribution in [0.4, 0.5) is 0 Å². The summed E-state index contributed by atoms with van der Waals surface area (Å²) in [5.41, 5.74) is 8.48. The molecule has 1 aliphatic rings. The molecular weight excluding hydrogens is 393 g/mol. The molecule has 1 fully saturated rings. The summed E-state index contributed by atoms with van der Waals surface area (Å²) >= 11 is 0. The molecule has 28 heavy (non-hydrogen) atoms. The fraction of sp³-hybridized carbons (Fsp3) is 0.409. The van der Waals surface area contributed by atoms with Gasteiger partial charge in [-0.1, -0.05) is 67.6 Å². The van der Waals surface area contributed by atoms with Crippen molar-refractivity contribution >= 4 is 30.7 Å². The molecule has 2 aromatic carbocycles. The van der Waals surface area contributed by atoms with Gasteiger partial charge < -0.3 is 16.0 Å². The van der Waals surface area contributed by atoms with E-state index in [1.807, 2.05) is 55.5 Å². The zero-order valence-electron chi connectivity index (χ0n) is 16.3. The second-order valence-corrected chi connectivity index (χ2v) is 7.20. The monoisotopic (exact) mass is 423 g/mol. The summed E-state index contributed by atoms with van der Waals surface area (Å²) in [5.74, 6) is -0.281. The van der Waals surface area contributed by atoms with Crippen LogP contribution in [-0.4, -0.2) is 30.4 Å². The minimum atomic E-state index is -0.306. The van der Waals surface area contributed by atoms with Crippen LogP contribution in [0.1, 0.15) is 43.0 Å². The molecule has 3 rings (SSSR count). The summed E-state index contributed by atoms with van der Waals surface area (Å²) in [6, 6.07) is 19.8. The molecule has 1 aliphatic heterocycles. The number of hydrogen-bond acceptors (Lipinski definition) is 3. The first-order valence-corrected chi connectivity index (χ1v) is 9.53. The van der Waals surface area contributed by atoms with Crippen LogP contribution >= 0.6 is 24.8 Å². The van der Waals surface area contributed by atoms with E-state index in [0.29, 0.717) is 0 Å². The molecule has 3 unspecified atom stereocenters. The standard InChI is InChI=1S/C22H29N3O.2ClH/c1-17(21(23)19-12-6-3-7-13-19)22(26)24-20(16-25-14-8-9-15-25)18-10-4-2-5-11-18;;/h2-7,10-13,17,20-21H,8-9,14-16,23H2,1H3,(H,24,26);2*1H. The Morgan fingerprint density at radius 1 is 0.964 bits per heavy atom. The number of benzene rings is 2. The topological polar surface area (TPSA) is 58.4 Å². The number of nitrogens with two attached hydrogens (primary N) is 1. The van der Waals surface area contributed by atoms with Crippen molar-refractivity contribution in [3.8, 4) is 0 Å². The SMILES string of the molecule is CC(C(=O)NC(CN1CCCC1)c1ccccc1)C(N)c1ccccc1.Cl.Cl. The van der Waals surface area contributed by atoms with Gasteiger partial charge >= 0.3 is 0 Å². The van der Waals surface area contributed by atoms with Gasteiger partial charge in [-0.25, -0.2) is 0 Å². The molecule has 3 atom stereocenters. The first-order chi connectivity index (χ1) is 12.6. The smallest absolute Gasteiger partial charge is 0.225 e. The Morgan fingerprint density at radius 2 is 1.46 bits per heavy atom. The van der Waals surface area contributed by atoms with E-state index in [1.54, 1.807) is 0 Å². The average Bonchev–Trinajstić information content (AvgIpc) is 3.20. The van der Waals surface area contributed by atoms with Crippen LogP contribution in [0.5, 0.6) is 0 Å². The Balaban J connectivity index is 0.00000196. The van der Waals surface area contributed by atoms with Crippen LogP contribution in [0.2, 0.25) is 0 Å². The van der Waals surface area contributed by atoms with E-state index in [0.717, 1.165) is 30.8 Å². The first kappa shape index (κ1) is 24.4. The van der Waals surface area contributed by atoms with Gasteiger partial charge in [0.25, 0.3) is 0 Å². The quantitative estimate of drug-likeness (QED) is 0.703. The summed E-state index contributed by atoms with van der Waals surface area (Å²) in [5, 5.41) is 3.25. The van der Waals surface area contributed by atoms with E-state index in [2.05, 4.69) is 22.3 Å². The molecule has 0 bridgehead atoms. The fourth-order valence-corrected chi connectivity index (χ4v) is 3.57. The van der Waals surface area contributed by atoms with Crippen LogP contribution in [-0.2, 0) is 4.79 Å². The molecule has 0 spiro atoms. The minimum absolute atomic E-state index is 0. The van der Waals surface area contributed by atoms with Crippen LogP contribution in [0.25, 0.3) is 0 Å². The van der Waals surface area contributed by atoms with E-state index in [4.69, 9.17) is 5.73 Å². The van der Waals surface area contributed by atoms with E-state index in [9.17, 15) is 4.79 Å². The second-order valence-electron chi connectivity index (χ2n) is 7.20. The fourth-order valence-electron chi connectivity index (χ4n) is 3.57. The maximum atomic E-state index is 12.9. The minimum Gasteiger partial charge on any atom is -0.348 e. The highest BCUT2D eigenvalue weighted by Crippen LogP contribution is 2.22. The highest BCUT2D eigenvalue weighted by Gasteiger charge is 2.26. The normalized spacial score (nSPS) is 16.9. The molecule has 1 saturated heterocycles. The third-order valence-corrected chi connectivity index (χ3v) is 5.29. The van der Waals surface area contributed by atoms with Gasteiger partial charge in [-0.15, -0.1) is 24.8 Å². The molecule has 0 aromatic heterocycles. The zero-order chi connectivity index (χ0) is 18.4. The molecule has 1 heterocycles. The van der Waals surface area contributed by atoms with E-state index < -0.39 is 0 Å². The lowest BCUT2D eigenvalue weighted by Gasteiger charge is -2.27. The molecule has 3 N–H and O–H groups in total. The summed E-state index contributed by atoms with van der Waals surface area (Å²) in [4.78, 5) is 15.3. The van der Waals surface area contributed by atoms with Crippen molar-refractivity contribution in [1.29, 1.82) is 0 Å². The van der Waals surface area contributed by atoms with E-state index in [-0.39, 0.29) is 48.7 Å². The van der Waals surface area contributed by atoms with Gasteiger partial charge in [0.2, 0.25) is 5.91 Å². The van der Waals surface area contributed by atoms with Crippen molar-refractivity contribution in [3.05, 3.63) is 71.8 Å². The predicted molar refractivity (Wildman–Crippen MR) is 120 cm³/mol. The van der Waals surface area contributed by atoms with Gasteiger partial charge in [0, 0.05) is 12.6 Å². The van der Waals surface area contributed by atoms with Crippen molar-refractivity contribution in [3.63, 3.8) is 0 Å². The number of amides is 1. The van der Waals surface area contributed by atoms with Gasteiger partial charge in [0.15, 0.2) is 0 Å². The Kier molecular flexibility index (Phi) is 10.5. The Morgan fingerprint density at radius 3 is 2.00 bits per heavy atom. The number of likely N-dealkylation sites (tertiary alicyclic amines) is 1. The van der Waals surface area contributed by atoms with Gasteiger partial charge in [-0.3, -0.25) is 4.79 Å². The summed E-state index contributed by atoms with van der Waals surface area (Å²) < 4.78 is 0.